The molecule has 0 aliphatic carbocycles. The Kier molecular flexibility index (Phi) is 30.9. The molecule has 4 nitrogen and oxygen atoms in total. The molecule has 0 saturated heterocycles. The second-order valence-corrected chi connectivity index (χ2v) is 26.4. The highest BCUT2D eigenvalue weighted by atomic mass is 32.1. The summed E-state index contributed by atoms with van der Waals surface area (Å²) in [6, 6.07) is 12.3. The molecule has 0 radical (unpaired) electrons. The SMILES string of the molecule is CCCCCCCCCCCCC(CCCCCCCCCC)Cc1csc(-c2cc3[nH]sn(-c4cc(CC(CCCCCCCCCC)CCCCCCCCCCCC)cs4)c3c3ccc4[nH]s[nH]c4c23)c1. The summed E-state index contributed by atoms with van der Waals surface area (Å²) in [4.78, 5) is 1.40. The van der Waals surface area contributed by atoms with Crippen LogP contribution in [0.3, 0.4) is 0 Å². The molecule has 2 unspecified atom stereocenters. The second kappa shape index (κ2) is 37.5. The molecule has 0 aliphatic heterocycles. The minimum atomic E-state index is 0.789. The van der Waals surface area contributed by atoms with Gasteiger partial charge in [0, 0.05) is 44.7 Å². The Morgan fingerprint density at radius 1 is 0.419 bits per heavy atom. The molecule has 3 N–H and O–H groups in total. The first kappa shape index (κ1) is 61.0. The van der Waals surface area contributed by atoms with Crippen molar-refractivity contribution in [1.29, 1.82) is 0 Å². The first-order valence-corrected chi connectivity index (χ1v) is 35.2. The largest absolute Gasteiger partial charge is 0.295 e. The third kappa shape index (κ3) is 21.5. The van der Waals surface area contributed by atoms with Crippen LogP contribution < -0.4 is 0 Å². The van der Waals surface area contributed by atoms with Gasteiger partial charge in [-0.1, -0.05) is 285 Å². The van der Waals surface area contributed by atoms with Gasteiger partial charge in [-0.25, -0.2) is 3.96 Å². The number of fused-ring (bicyclic) bond motifs is 5. The summed E-state index contributed by atoms with van der Waals surface area (Å²) in [6.07, 6.45) is 58.9. The average molecular weight is 1090 g/mol. The maximum absolute atomic E-state index is 3.84. The molecule has 0 bridgehead atoms. The first-order valence-electron chi connectivity index (χ1n) is 31.8. The number of rotatable bonds is 46. The Labute approximate surface area is 469 Å². The maximum Gasteiger partial charge on any atom is 0.111 e. The van der Waals surface area contributed by atoms with Crippen molar-refractivity contribution in [2.75, 3.05) is 0 Å². The zero-order valence-corrected chi connectivity index (χ0v) is 51.2. The van der Waals surface area contributed by atoms with E-state index in [0.29, 0.717) is 0 Å². The van der Waals surface area contributed by atoms with Crippen LogP contribution in [0.4, 0.5) is 0 Å². The monoisotopic (exact) mass is 1080 g/mol. The van der Waals surface area contributed by atoms with Gasteiger partial charge >= 0.3 is 0 Å². The molecule has 4 heterocycles. The lowest BCUT2D eigenvalue weighted by Crippen LogP contribution is -2.05. The molecule has 2 aromatic carbocycles. The van der Waals surface area contributed by atoms with Crippen molar-refractivity contribution in [3.8, 4) is 15.4 Å². The molecule has 2 atom stereocenters. The number of benzene rings is 2. The summed E-state index contributed by atoms with van der Waals surface area (Å²) >= 11 is 7.28. The van der Waals surface area contributed by atoms with Crippen molar-refractivity contribution in [3.05, 3.63) is 52.2 Å². The topological polar surface area (TPSA) is 52.3 Å². The molecule has 0 spiro atoms. The van der Waals surface area contributed by atoms with Gasteiger partial charge in [-0.3, -0.25) is 13.1 Å². The highest BCUT2D eigenvalue weighted by molar-refractivity contribution is 7.14. The molecule has 0 fully saturated rings. The molecule has 0 saturated carbocycles. The molecule has 4 aromatic heterocycles. The molecular weight excluding hydrogens is 977 g/mol. The van der Waals surface area contributed by atoms with Gasteiger partial charge in [0.2, 0.25) is 0 Å². The summed E-state index contributed by atoms with van der Waals surface area (Å²) < 4.78 is 13.6. The molecule has 0 aliphatic rings. The number of aromatic amines is 3. The Morgan fingerprint density at radius 2 is 0.838 bits per heavy atom. The summed E-state index contributed by atoms with van der Waals surface area (Å²) in [5, 5.41) is 9.03. The van der Waals surface area contributed by atoms with Gasteiger partial charge in [0.05, 0.1) is 22.1 Å². The molecule has 6 rings (SSSR count). The molecular formula is C66H108N4S4. The molecule has 8 heteroatoms. The van der Waals surface area contributed by atoms with E-state index in [4.69, 9.17) is 0 Å². The van der Waals surface area contributed by atoms with E-state index in [1.165, 1.54) is 318 Å². The van der Waals surface area contributed by atoms with Crippen LogP contribution in [0.5, 0.6) is 0 Å². The zero-order valence-electron chi connectivity index (χ0n) is 48.0. The Hall–Kier alpha value is -2.26. The van der Waals surface area contributed by atoms with E-state index >= 15 is 0 Å². The lowest BCUT2D eigenvalue weighted by atomic mass is 9.89. The first-order chi connectivity index (χ1) is 36.6. The van der Waals surface area contributed by atoms with Gasteiger partial charge in [0.25, 0.3) is 0 Å². The second-order valence-electron chi connectivity index (χ2n) is 23.2. The fourth-order valence-corrected chi connectivity index (χ4v) is 15.6. The van der Waals surface area contributed by atoms with Gasteiger partial charge in [0.1, 0.15) is 5.00 Å². The van der Waals surface area contributed by atoms with Crippen LogP contribution in [-0.2, 0) is 12.8 Å². The highest BCUT2D eigenvalue weighted by Gasteiger charge is 2.21. The average Bonchev–Trinajstić information content (AvgIpc) is 4.27. The van der Waals surface area contributed by atoms with Crippen LogP contribution in [0.2, 0.25) is 0 Å². The van der Waals surface area contributed by atoms with E-state index in [2.05, 4.69) is 85.9 Å². The quantitative estimate of drug-likeness (QED) is 0.0319. The smallest absolute Gasteiger partial charge is 0.111 e. The fourth-order valence-electron chi connectivity index (χ4n) is 12.2. The lowest BCUT2D eigenvalue weighted by Gasteiger charge is -2.16. The van der Waals surface area contributed by atoms with E-state index < -0.39 is 0 Å². The fraction of sp³-hybridized carbons (Fsp3) is 0.727. The molecule has 0 amide bonds. The lowest BCUT2D eigenvalue weighted by molar-refractivity contribution is 0.400. The van der Waals surface area contributed by atoms with E-state index in [-0.39, 0.29) is 0 Å². The van der Waals surface area contributed by atoms with E-state index in [1.807, 2.05) is 22.7 Å². The highest BCUT2D eigenvalue weighted by Crippen LogP contribution is 2.43. The minimum absolute atomic E-state index is 0.789. The number of thiophene rings is 2. The molecule has 6 aromatic rings. The summed E-state index contributed by atoms with van der Waals surface area (Å²) in [6.45, 7) is 9.30. The number of hydrogen-bond acceptors (Lipinski definition) is 4. The van der Waals surface area contributed by atoms with Crippen LogP contribution in [-0.4, -0.2) is 17.1 Å². The third-order valence-corrected chi connectivity index (χ3v) is 20.3. The Morgan fingerprint density at radius 3 is 1.30 bits per heavy atom. The van der Waals surface area contributed by atoms with E-state index in [1.54, 1.807) is 34.6 Å². The minimum Gasteiger partial charge on any atom is -0.295 e. The number of nitrogens with one attached hydrogen (secondary N) is 3. The van der Waals surface area contributed by atoms with Crippen molar-refractivity contribution in [3.63, 3.8) is 0 Å². The Balaban J connectivity index is 1.13. The van der Waals surface area contributed by atoms with Gasteiger partial charge in [-0.15, -0.1) is 22.7 Å². The summed E-state index contributed by atoms with van der Waals surface area (Å²) in [5.41, 5.74) is 9.41. The number of nitrogens with zero attached hydrogens (tertiary/aromatic N) is 1. The molecule has 416 valence electrons. The summed E-state index contributed by atoms with van der Waals surface area (Å²) in [7, 11) is 0. The van der Waals surface area contributed by atoms with Crippen molar-refractivity contribution in [2.24, 2.45) is 11.8 Å². The standard InChI is InChI=1S/C66H108N4S4/c1-5-9-13-17-21-25-27-31-35-38-42-54(41-37-33-29-23-19-15-11-7-3)47-56-49-62(71-52-56)59-51-61-66(58-45-46-60-65(64(58)59)69-73-67-60)70(74-68-61)63-50-57(53-72-63)48-55(43-39-34-30-24-20-16-12-8-4)44-40-36-32-28-26-22-18-14-10-6-2/h45-46,49-55,67-69H,5-44,47-48H2,1-4H3. The normalized spacial score (nSPS) is 12.9. The zero-order chi connectivity index (χ0) is 51.7. The van der Waals surface area contributed by atoms with Gasteiger partial charge in [-0.2, -0.15) is 0 Å². The van der Waals surface area contributed by atoms with E-state index in [0.717, 1.165) is 11.8 Å². The van der Waals surface area contributed by atoms with Crippen LogP contribution >= 0.6 is 46.1 Å². The van der Waals surface area contributed by atoms with Crippen molar-refractivity contribution < 1.29 is 0 Å². The maximum atomic E-state index is 3.84. The number of hydrogen-bond donors (Lipinski definition) is 3. The number of unbranched alkanes of at least 4 members (excludes halogenated alkanes) is 32. The van der Waals surface area contributed by atoms with Crippen LogP contribution in [0, 0.1) is 11.8 Å². The van der Waals surface area contributed by atoms with Crippen molar-refractivity contribution in [2.45, 2.75) is 297 Å². The predicted molar refractivity (Wildman–Crippen MR) is 338 cm³/mol. The van der Waals surface area contributed by atoms with Gasteiger partial charge < -0.3 is 0 Å². The predicted octanol–water partition coefficient (Wildman–Crippen LogP) is 25.0. The van der Waals surface area contributed by atoms with E-state index in [9.17, 15) is 0 Å². The van der Waals surface area contributed by atoms with Crippen LogP contribution in [0.25, 0.3) is 48.3 Å². The third-order valence-electron chi connectivity index (χ3n) is 16.7. The van der Waals surface area contributed by atoms with Crippen LogP contribution in [0.15, 0.2) is 41.1 Å². The van der Waals surface area contributed by atoms with Crippen molar-refractivity contribution in [1.82, 2.24) is 17.1 Å². The Bertz CT molecular complexity index is 2330. The number of aromatic nitrogens is 4. The number of H-pyrrole nitrogens is 3. The van der Waals surface area contributed by atoms with Crippen LogP contribution in [0.1, 0.15) is 296 Å². The van der Waals surface area contributed by atoms with Crippen molar-refractivity contribution >= 4 is 79.0 Å². The van der Waals surface area contributed by atoms with Gasteiger partial charge in [0.15, 0.2) is 0 Å². The molecule has 74 heavy (non-hydrogen) atoms. The summed E-state index contributed by atoms with van der Waals surface area (Å²) in [5.74, 6) is 1.58. The van der Waals surface area contributed by atoms with Gasteiger partial charge in [-0.05, 0) is 76.9 Å².